The molecule has 3 N–H and O–H groups in total. The molecule has 1 unspecified atom stereocenters. The Morgan fingerprint density at radius 1 is 1.39 bits per heavy atom. The summed E-state index contributed by atoms with van der Waals surface area (Å²) in [5.41, 5.74) is 5.58. The van der Waals surface area contributed by atoms with Crippen LogP contribution in [0, 0.1) is 0 Å². The average molecular weight is 250 g/mol. The normalized spacial score (nSPS) is 11.9. The molecule has 18 heavy (non-hydrogen) atoms. The van der Waals surface area contributed by atoms with E-state index < -0.39 is 0 Å². The molecule has 1 atom stereocenters. The van der Waals surface area contributed by atoms with E-state index in [4.69, 9.17) is 10.5 Å². The number of nitrogens with one attached hydrogen (secondary N) is 1. The van der Waals surface area contributed by atoms with Crippen molar-refractivity contribution in [3.05, 3.63) is 30.3 Å². The summed E-state index contributed by atoms with van der Waals surface area (Å²) < 4.78 is 5.51. The molecule has 0 saturated carbocycles. The molecule has 0 aromatic heterocycles. The first kappa shape index (κ1) is 14.5. The molecule has 1 amide bonds. The molecule has 1 aromatic rings. The summed E-state index contributed by atoms with van der Waals surface area (Å²) in [6.07, 6.45) is 2.03. The van der Waals surface area contributed by atoms with Crippen LogP contribution in [-0.2, 0) is 4.79 Å². The van der Waals surface area contributed by atoms with Crippen LogP contribution in [0.3, 0.4) is 0 Å². The lowest BCUT2D eigenvalue weighted by Gasteiger charge is -2.08. The number of ether oxygens (including phenoxy) is 1. The molecule has 0 fully saturated rings. The van der Waals surface area contributed by atoms with Gasteiger partial charge in [-0.05, 0) is 31.9 Å². The van der Waals surface area contributed by atoms with Crippen LogP contribution in [0.1, 0.15) is 26.2 Å². The second-order valence-electron chi connectivity index (χ2n) is 4.38. The summed E-state index contributed by atoms with van der Waals surface area (Å²) >= 11 is 0. The molecule has 0 aliphatic carbocycles. The number of carbonyl (C=O) groups is 1. The third-order valence-corrected chi connectivity index (χ3v) is 2.48. The van der Waals surface area contributed by atoms with Crippen molar-refractivity contribution in [3.63, 3.8) is 0 Å². The van der Waals surface area contributed by atoms with Crippen molar-refractivity contribution in [1.29, 1.82) is 0 Å². The van der Waals surface area contributed by atoms with Gasteiger partial charge in [0.1, 0.15) is 5.75 Å². The molecular formula is C14H22N2O2. The van der Waals surface area contributed by atoms with Crippen molar-refractivity contribution >= 4 is 5.91 Å². The van der Waals surface area contributed by atoms with E-state index in [1.807, 2.05) is 37.3 Å². The monoisotopic (exact) mass is 250 g/mol. The maximum absolute atomic E-state index is 11.4. The summed E-state index contributed by atoms with van der Waals surface area (Å²) in [5, 5.41) is 2.85. The van der Waals surface area contributed by atoms with E-state index in [-0.39, 0.29) is 11.9 Å². The van der Waals surface area contributed by atoms with Crippen LogP contribution in [0.25, 0.3) is 0 Å². The van der Waals surface area contributed by atoms with Gasteiger partial charge in [-0.25, -0.2) is 0 Å². The standard InChI is InChI=1S/C14H22N2O2/c1-12(15)8-9-14(17)16-10-5-11-18-13-6-3-2-4-7-13/h2-4,6-7,12H,5,8-11,15H2,1H3,(H,16,17). The Kier molecular flexibility index (Phi) is 6.87. The summed E-state index contributed by atoms with van der Waals surface area (Å²) in [7, 11) is 0. The van der Waals surface area contributed by atoms with E-state index in [0.29, 0.717) is 19.6 Å². The molecule has 0 saturated heterocycles. The van der Waals surface area contributed by atoms with Crippen LogP contribution in [0.5, 0.6) is 5.75 Å². The molecule has 0 heterocycles. The zero-order valence-corrected chi connectivity index (χ0v) is 10.9. The summed E-state index contributed by atoms with van der Waals surface area (Å²) in [6, 6.07) is 9.74. The van der Waals surface area contributed by atoms with E-state index in [9.17, 15) is 4.79 Å². The molecule has 4 nitrogen and oxygen atoms in total. The Morgan fingerprint density at radius 3 is 2.78 bits per heavy atom. The second-order valence-corrected chi connectivity index (χ2v) is 4.38. The zero-order valence-electron chi connectivity index (χ0n) is 10.9. The summed E-state index contributed by atoms with van der Waals surface area (Å²) in [6.45, 7) is 3.16. The largest absolute Gasteiger partial charge is 0.494 e. The van der Waals surface area contributed by atoms with Gasteiger partial charge in [-0.3, -0.25) is 4.79 Å². The van der Waals surface area contributed by atoms with Crippen LogP contribution < -0.4 is 15.8 Å². The number of rotatable bonds is 8. The fraction of sp³-hybridized carbons (Fsp3) is 0.500. The van der Waals surface area contributed by atoms with Crippen molar-refractivity contribution in [2.45, 2.75) is 32.2 Å². The number of nitrogens with two attached hydrogens (primary N) is 1. The van der Waals surface area contributed by atoms with Crippen molar-refractivity contribution in [2.24, 2.45) is 5.73 Å². The minimum atomic E-state index is 0.0620. The summed E-state index contributed by atoms with van der Waals surface area (Å²) in [4.78, 5) is 11.4. The van der Waals surface area contributed by atoms with Crippen molar-refractivity contribution in [1.82, 2.24) is 5.32 Å². The minimum absolute atomic E-state index is 0.0620. The topological polar surface area (TPSA) is 64.4 Å². The van der Waals surface area contributed by atoms with Crippen LogP contribution in [-0.4, -0.2) is 25.1 Å². The lowest BCUT2D eigenvalue weighted by molar-refractivity contribution is -0.121. The number of para-hydroxylation sites is 1. The predicted molar refractivity (Wildman–Crippen MR) is 72.4 cm³/mol. The molecule has 0 aliphatic rings. The lowest BCUT2D eigenvalue weighted by Crippen LogP contribution is -2.27. The van der Waals surface area contributed by atoms with Gasteiger partial charge in [0.25, 0.3) is 0 Å². The fourth-order valence-corrected chi connectivity index (χ4v) is 1.45. The smallest absolute Gasteiger partial charge is 0.220 e. The number of hydrogen-bond donors (Lipinski definition) is 2. The second kappa shape index (κ2) is 8.53. The Labute approximate surface area is 109 Å². The Morgan fingerprint density at radius 2 is 2.11 bits per heavy atom. The number of hydrogen-bond acceptors (Lipinski definition) is 3. The van der Waals surface area contributed by atoms with Gasteiger partial charge < -0.3 is 15.8 Å². The third-order valence-electron chi connectivity index (χ3n) is 2.48. The van der Waals surface area contributed by atoms with Crippen molar-refractivity contribution in [3.8, 4) is 5.75 Å². The SMILES string of the molecule is CC(N)CCC(=O)NCCCOc1ccccc1. The van der Waals surface area contributed by atoms with E-state index in [0.717, 1.165) is 18.6 Å². The fourth-order valence-electron chi connectivity index (χ4n) is 1.45. The first-order valence-corrected chi connectivity index (χ1v) is 6.38. The molecule has 0 radical (unpaired) electrons. The van der Waals surface area contributed by atoms with Gasteiger partial charge in [0.2, 0.25) is 5.91 Å². The van der Waals surface area contributed by atoms with Gasteiger partial charge >= 0.3 is 0 Å². The van der Waals surface area contributed by atoms with Crippen molar-refractivity contribution < 1.29 is 9.53 Å². The molecule has 4 heteroatoms. The van der Waals surface area contributed by atoms with E-state index in [1.54, 1.807) is 0 Å². The van der Waals surface area contributed by atoms with Gasteiger partial charge in [-0.2, -0.15) is 0 Å². The van der Waals surface area contributed by atoms with Gasteiger partial charge in [-0.1, -0.05) is 18.2 Å². The molecule has 0 aliphatic heterocycles. The Hall–Kier alpha value is -1.55. The first-order valence-electron chi connectivity index (χ1n) is 6.38. The average Bonchev–Trinajstić information content (AvgIpc) is 2.37. The number of amides is 1. The van der Waals surface area contributed by atoms with Crippen LogP contribution in [0.4, 0.5) is 0 Å². The van der Waals surface area contributed by atoms with Gasteiger partial charge in [0.15, 0.2) is 0 Å². The summed E-state index contributed by atoms with van der Waals surface area (Å²) in [5.74, 6) is 0.924. The van der Waals surface area contributed by atoms with E-state index in [1.165, 1.54) is 0 Å². The Balaban J connectivity index is 2.00. The number of carbonyl (C=O) groups excluding carboxylic acids is 1. The zero-order chi connectivity index (χ0) is 13.2. The lowest BCUT2D eigenvalue weighted by atomic mass is 10.2. The first-order chi connectivity index (χ1) is 8.68. The quantitative estimate of drug-likeness (QED) is 0.690. The highest BCUT2D eigenvalue weighted by molar-refractivity contribution is 5.75. The highest BCUT2D eigenvalue weighted by Crippen LogP contribution is 2.07. The maximum Gasteiger partial charge on any atom is 0.220 e. The molecule has 0 bridgehead atoms. The van der Waals surface area contributed by atoms with Crippen molar-refractivity contribution in [2.75, 3.05) is 13.2 Å². The minimum Gasteiger partial charge on any atom is -0.494 e. The van der Waals surface area contributed by atoms with Crippen LogP contribution >= 0.6 is 0 Å². The van der Waals surface area contributed by atoms with E-state index in [2.05, 4.69) is 5.32 Å². The maximum atomic E-state index is 11.4. The highest BCUT2D eigenvalue weighted by atomic mass is 16.5. The molecular weight excluding hydrogens is 228 g/mol. The Bertz CT molecular complexity index is 339. The molecule has 0 spiro atoms. The molecule has 1 aromatic carbocycles. The van der Waals surface area contributed by atoms with E-state index >= 15 is 0 Å². The van der Waals surface area contributed by atoms with Crippen LogP contribution in [0.15, 0.2) is 30.3 Å². The van der Waals surface area contributed by atoms with Crippen LogP contribution in [0.2, 0.25) is 0 Å². The predicted octanol–water partition coefficient (Wildman–Crippen LogP) is 1.70. The third kappa shape index (κ3) is 6.91. The highest BCUT2D eigenvalue weighted by Gasteiger charge is 2.02. The van der Waals surface area contributed by atoms with Gasteiger partial charge in [0.05, 0.1) is 6.61 Å². The van der Waals surface area contributed by atoms with Gasteiger partial charge in [0, 0.05) is 19.0 Å². The number of benzene rings is 1. The molecule has 100 valence electrons. The molecule has 1 rings (SSSR count). The van der Waals surface area contributed by atoms with Gasteiger partial charge in [-0.15, -0.1) is 0 Å².